The Morgan fingerprint density at radius 1 is 1.19 bits per heavy atom. The van der Waals surface area contributed by atoms with Crippen LogP contribution in [-0.2, 0) is 17.5 Å². The first-order chi connectivity index (χ1) is 12.1. The van der Waals surface area contributed by atoms with E-state index in [2.05, 4.69) is 10.3 Å². The minimum atomic E-state index is -4.56. The highest BCUT2D eigenvalue weighted by Gasteiger charge is 2.33. The Hall–Kier alpha value is -2.90. The van der Waals surface area contributed by atoms with E-state index >= 15 is 0 Å². The van der Waals surface area contributed by atoms with Gasteiger partial charge in [-0.2, -0.15) is 13.2 Å². The molecule has 26 heavy (non-hydrogen) atoms. The third-order valence-corrected chi connectivity index (χ3v) is 3.76. The van der Waals surface area contributed by atoms with Crippen LogP contribution in [0.25, 0.3) is 0 Å². The maximum atomic E-state index is 12.7. The fraction of sp³-hybridized carbons (Fsp3) is 0.278. The zero-order valence-electron chi connectivity index (χ0n) is 14.5. The highest BCUT2D eigenvalue weighted by atomic mass is 19.4. The number of rotatable bonds is 4. The molecule has 0 aliphatic rings. The summed E-state index contributed by atoms with van der Waals surface area (Å²) in [6.07, 6.45) is -4.56. The number of pyridine rings is 1. The van der Waals surface area contributed by atoms with Crippen molar-refractivity contribution in [2.24, 2.45) is 0 Å². The van der Waals surface area contributed by atoms with Crippen LogP contribution in [0.1, 0.15) is 34.2 Å². The summed E-state index contributed by atoms with van der Waals surface area (Å²) in [6, 6.07) is 8.76. The molecule has 1 aromatic heterocycles. The zero-order chi connectivity index (χ0) is 19.5. The summed E-state index contributed by atoms with van der Waals surface area (Å²) in [5.74, 6) is -0.647. The quantitative estimate of drug-likeness (QED) is 0.900. The fourth-order valence-electron chi connectivity index (χ4n) is 2.29. The molecule has 0 atom stereocenters. The van der Waals surface area contributed by atoms with E-state index in [1.807, 2.05) is 0 Å². The van der Waals surface area contributed by atoms with Gasteiger partial charge in [-0.25, -0.2) is 4.98 Å². The summed E-state index contributed by atoms with van der Waals surface area (Å²) in [7, 11) is 1.66. The minimum Gasteiger partial charge on any atom is -0.342 e. The van der Waals surface area contributed by atoms with Crippen LogP contribution in [0.2, 0.25) is 0 Å². The molecule has 0 fully saturated rings. The number of nitrogens with one attached hydrogen (secondary N) is 1. The van der Waals surface area contributed by atoms with E-state index in [1.54, 1.807) is 31.3 Å². The number of halogens is 3. The molecule has 0 unspecified atom stereocenters. The molecule has 0 saturated carbocycles. The molecule has 2 amide bonds. The van der Waals surface area contributed by atoms with Gasteiger partial charge in [-0.05, 0) is 36.8 Å². The van der Waals surface area contributed by atoms with Crippen LogP contribution in [0.4, 0.5) is 18.9 Å². The van der Waals surface area contributed by atoms with E-state index in [4.69, 9.17) is 0 Å². The molecule has 1 N–H and O–H groups in total. The van der Waals surface area contributed by atoms with Crippen molar-refractivity contribution in [1.29, 1.82) is 0 Å². The van der Waals surface area contributed by atoms with Gasteiger partial charge in [0.05, 0.1) is 11.3 Å². The first-order valence-corrected chi connectivity index (χ1v) is 7.75. The Labute approximate surface area is 148 Å². The largest absolute Gasteiger partial charge is 0.433 e. The van der Waals surface area contributed by atoms with E-state index in [0.29, 0.717) is 12.2 Å². The van der Waals surface area contributed by atoms with Gasteiger partial charge >= 0.3 is 6.18 Å². The van der Waals surface area contributed by atoms with Crippen LogP contribution in [0.3, 0.4) is 0 Å². The van der Waals surface area contributed by atoms with Crippen molar-refractivity contribution < 1.29 is 22.8 Å². The molecule has 0 aliphatic carbocycles. The molecule has 0 saturated heterocycles. The van der Waals surface area contributed by atoms with Crippen LogP contribution < -0.4 is 5.32 Å². The summed E-state index contributed by atoms with van der Waals surface area (Å²) < 4.78 is 38.0. The third kappa shape index (κ3) is 4.81. The molecule has 2 aromatic rings. The maximum absolute atomic E-state index is 12.7. The predicted molar refractivity (Wildman–Crippen MR) is 90.5 cm³/mol. The summed E-state index contributed by atoms with van der Waals surface area (Å²) in [4.78, 5) is 28.6. The first-order valence-electron chi connectivity index (χ1n) is 7.75. The second-order valence-electron chi connectivity index (χ2n) is 5.86. The SMILES string of the molecule is CC(=O)N(C)Cc1cccc(NC(=O)c2ccc(C(F)(F)F)nc2C)c1. The van der Waals surface area contributed by atoms with Gasteiger partial charge in [0, 0.05) is 26.2 Å². The number of alkyl halides is 3. The van der Waals surface area contributed by atoms with E-state index in [-0.39, 0.29) is 17.2 Å². The topological polar surface area (TPSA) is 62.3 Å². The summed E-state index contributed by atoms with van der Waals surface area (Å²) in [5.41, 5.74) is 0.293. The summed E-state index contributed by atoms with van der Waals surface area (Å²) >= 11 is 0. The van der Waals surface area contributed by atoms with Crippen molar-refractivity contribution in [2.75, 3.05) is 12.4 Å². The number of amides is 2. The molecule has 1 aromatic carbocycles. The molecular formula is C18H18F3N3O2. The minimum absolute atomic E-state index is 0.00945. The number of hydrogen-bond donors (Lipinski definition) is 1. The molecule has 8 heteroatoms. The second-order valence-corrected chi connectivity index (χ2v) is 5.86. The van der Waals surface area contributed by atoms with Crippen molar-refractivity contribution in [3.8, 4) is 0 Å². The number of nitrogens with zero attached hydrogens (tertiary/aromatic N) is 2. The average Bonchev–Trinajstić information content (AvgIpc) is 2.53. The van der Waals surface area contributed by atoms with Gasteiger partial charge in [0.2, 0.25) is 5.91 Å². The fourth-order valence-corrected chi connectivity index (χ4v) is 2.29. The van der Waals surface area contributed by atoms with Crippen molar-refractivity contribution in [3.63, 3.8) is 0 Å². The van der Waals surface area contributed by atoms with Gasteiger partial charge in [0.15, 0.2) is 0 Å². The zero-order valence-corrected chi connectivity index (χ0v) is 14.5. The molecule has 0 aliphatic heterocycles. The molecule has 5 nitrogen and oxygen atoms in total. The summed E-state index contributed by atoms with van der Waals surface area (Å²) in [6.45, 7) is 3.17. The lowest BCUT2D eigenvalue weighted by atomic mass is 10.1. The van der Waals surface area contributed by atoms with Gasteiger partial charge in [0.1, 0.15) is 5.69 Å². The standard InChI is InChI=1S/C18H18F3N3O2/c1-11-15(7-8-16(22-11)18(19,20)21)17(26)23-14-6-4-5-13(9-14)10-24(3)12(2)25/h4-9H,10H2,1-3H3,(H,23,26). The van der Waals surface area contributed by atoms with E-state index in [9.17, 15) is 22.8 Å². The Morgan fingerprint density at radius 3 is 2.46 bits per heavy atom. The number of anilines is 1. The van der Waals surface area contributed by atoms with Gasteiger partial charge in [-0.3, -0.25) is 9.59 Å². The molecule has 1 heterocycles. The number of hydrogen-bond acceptors (Lipinski definition) is 3. The Balaban J connectivity index is 2.16. The van der Waals surface area contributed by atoms with Gasteiger partial charge in [0.25, 0.3) is 5.91 Å². The predicted octanol–water partition coefficient (Wildman–Crippen LogP) is 3.64. The maximum Gasteiger partial charge on any atom is 0.433 e. The smallest absolute Gasteiger partial charge is 0.342 e. The number of carbonyl (C=O) groups excluding carboxylic acids is 2. The molecule has 0 spiro atoms. The Bertz CT molecular complexity index is 835. The summed E-state index contributed by atoms with van der Waals surface area (Å²) in [5, 5.41) is 2.64. The normalized spacial score (nSPS) is 11.2. The average molecular weight is 365 g/mol. The van der Waals surface area contributed by atoms with Crippen LogP contribution in [0.5, 0.6) is 0 Å². The van der Waals surface area contributed by atoms with Crippen molar-refractivity contribution >= 4 is 17.5 Å². The van der Waals surface area contributed by atoms with Crippen molar-refractivity contribution in [3.05, 3.63) is 58.9 Å². The lowest BCUT2D eigenvalue weighted by Crippen LogP contribution is -2.23. The van der Waals surface area contributed by atoms with Crippen LogP contribution in [0, 0.1) is 6.92 Å². The highest BCUT2D eigenvalue weighted by molar-refractivity contribution is 6.05. The molecule has 2 rings (SSSR count). The molecule has 0 radical (unpaired) electrons. The molecular weight excluding hydrogens is 347 g/mol. The number of aromatic nitrogens is 1. The number of aryl methyl sites for hydroxylation is 1. The van der Waals surface area contributed by atoms with Crippen LogP contribution in [0.15, 0.2) is 36.4 Å². The number of benzene rings is 1. The van der Waals surface area contributed by atoms with Gasteiger partial charge < -0.3 is 10.2 Å². The van der Waals surface area contributed by atoms with Gasteiger partial charge in [-0.15, -0.1) is 0 Å². The van der Waals surface area contributed by atoms with Crippen molar-refractivity contribution in [1.82, 2.24) is 9.88 Å². The van der Waals surface area contributed by atoms with Gasteiger partial charge in [-0.1, -0.05) is 12.1 Å². The van der Waals surface area contributed by atoms with E-state index < -0.39 is 17.8 Å². The van der Waals surface area contributed by atoms with Crippen molar-refractivity contribution in [2.45, 2.75) is 26.6 Å². The highest BCUT2D eigenvalue weighted by Crippen LogP contribution is 2.28. The third-order valence-electron chi connectivity index (χ3n) is 3.76. The monoisotopic (exact) mass is 365 g/mol. The first kappa shape index (κ1) is 19.4. The number of carbonyl (C=O) groups is 2. The Kier molecular flexibility index (Phi) is 5.64. The van der Waals surface area contributed by atoms with E-state index in [0.717, 1.165) is 17.7 Å². The van der Waals surface area contributed by atoms with Crippen LogP contribution in [-0.4, -0.2) is 28.7 Å². The van der Waals surface area contributed by atoms with E-state index in [1.165, 1.54) is 18.7 Å². The Morgan fingerprint density at radius 2 is 1.88 bits per heavy atom. The lowest BCUT2D eigenvalue weighted by molar-refractivity contribution is -0.141. The second kappa shape index (κ2) is 7.55. The molecule has 0 bridgehead atoms. The lowest BCUT2D eigenvalue weighted by Gasteiger charge is -2.15. The van der Waals surface area contributed by atoms with Crippen LogP contribution >= 0.6 is 0 Å². The molecule has 138 valence electrons.